The molecule has 0 aliphatic heterocycles. The van der Waals surface area contributed by atoms with Gasteiger partial charge in [-0.05, 0) is 59.2 Å². The molecule has 0 N–H and O–H groups in total. The Bertz CT molecular complexity index is 1510. The molecule has 0 saturated carbocycles. The molecule has 2 heteroatoms. The summed E-state index contributed by atoms with van der Waals surface area (Å²) in [6.45, 7) is 4.77. The molecule has 2 unspecified atom stereocenters. The molecule has 0 radical (unpaired) electrons. The fourth-order valence-electron chi connectivity index (χ4n) is 5.58. The third-order valence-electron chi connectivity index (χ3n) is 8.03. The molecular weight excluding hydrogens is 518 g/mol. The summed E-state index contributed by atoms with van der Waals surface area (Å²) in [6, 6.07) is 53.4. The smallest absolute Gasteiger partial charge is 0.0167 e. The minimum absolute atomic E-state index is 0.0569. The van der Waals surface area contributed by atoms with Crippen molar-refractivity contribution in [1.82, 2.24) is 0 Å². The first-order valence-electron chi connectivity index (χ1n) is 14.0. The van der Waals surface area contributed by atoms with E-state index in [0.717, 1.165) is 0 Å². The Morgan fingerprint density at radius 3 is 1.25 bits per heavy atom. The van der Waals surface area contributed by atoms with Crippen molar-refractivity contribution in [3.8, 4) is 0 Å². The molecule has 5 aromatic rings. The fraction of sp³-hybridized carbons (Fsp3) is 0.105. The lowest BCUT2D eigenvalue weighted by Crippen LogP contribution is -2.30. The summed E-state index contributed by atoms with van der Waals surface area (Å²) in [6.07, 6.45) is 7.39. The van der Waals surface area contributed by atoms with Gasteiger partial charge in [-0.2, -0.15) is 0 Å². The van der Waals surface area contributed by atoms with E-state index in [-0.39, 0.29) is 5.41 Å². The van der Waals surface area contributed by atoms with Crippen molar-refractivity contribution >= 4 is 42.4 Å². The van der Waals surface area contributed by atoms with Crippen molar-refractivity contribution in [2.24, 2.45) is 5.92 Å². The van der Waals surface area contributed by atoms with E-state index < -0.39 is 15.8 Å². The van der Waals surface area contributed by atoms with Gasteiger partial charge in [0.2, 0.25) is 0 Å². The zero-order chi connectivity index (χ0) is 27.4. The van der Waals surface area contributed by atoms with Gasteiger partial charge in [0, 0.05) is 5.41 Å². The quantitative estimate of drug-likeness (QED) is 0.180. The normalized spacial score (nSPS) is 18.6. The molecular formula is C38H34P2. The van der Waals surface area contributed by atoms with Crippen molar-refractivity contribution < 1.29 is 0 Å². The summed E-state index contributed by atoms with van der Waals surface area (Å²) in [5.41, 5.74) is 1.31. The van der Waals surface area contributed by atoms with Crippen LogP contribution in [-0.2, 0) is 5.41 Å². The molecule has 5 aromatic carbocycles. The van der Waals surface area contributed by atoms with Gasteiger partial charge in [-0.25, -0.2) is 0 Å². The lowest BCUT2D eigenvalue weighted by molar-refractivity contribution is 0.457. The highest BCUT2D eigenvalue weighted by Gasteiger charge is 2.33. The van der Waals surface area contributed by atoms with E-state index in [1.807, 2.05) is 0 Å². The van der Waals surface area contributed by atoms with Gasteiger partial charge in [-0.3, -0.25) is 0 Å². The molecule has 40 heavy (non-hydrogen) atoms. The molecule has 1 aliphatic rings. The summed E-state index contributed by atoms with van der Waals surface area (Å²) in [5.74, 6) is 0.375. The van der Waals surface area contributed by atoms with Crippen molar-refractivity contribution in [2.75, 3.05) is 0 Å². The molecule has 0 amide bonds. The van der Waals surface area contributed by atoms with Crippen molar-refractivity contribution in [3.05, 3.63) is 175 Å². The van der Waals surface area contributed by atoms with Crippen LogP contribution >= 0.6 is 15.8 Å². The van der Waals surface area contributed by atoms with Crippen LogP contribution in [0, 0.1) is 5.92 Å². The lowest BCUT2D eigenvalue weighted by Gasteiger charge is -2.37. The Hall–Kier alpha value is -3.56. The Morgan fingerprint density at radius 1 is 0.475 bits per heavy atom. The molecule has 196 valence electrons. The minimum Gasteiger partial charge on any atom is -0.0730 e. The van der Waals surface area contributed by atoms with Gasteiger partial charge in [0.1, 0.15) is 0 Å². The SMILES string of the molecule is CC1C=C(P(c2ccccc2)c2ccccc2)C=CC1(C)c1ccc(P(c2ccccc2)c2ccccc2)cc1. The predicted molar refractivity (Wildman–Crippen MR) is 178 cm³/mol. The highest BCUT2D eigenvalue weighted by molar-refractivity contribution is 7.79. The van der Waals surface area contributed by atoms with Gasteiger partial charge in [0.05, 0.1) is 0 Å². The van der Waals surface area contributed by atoms with Crippen molar-refractivity contribution in [2.45, 2.75) is 19.3 Å². The van der Waals surface area contributed by atoms with Crippen LogP contribution < -0.4 is 26.5 Å². The average molecular weight is 553 g/mol. The highest BCUT2D eigenvalue weighted by Crippen LogP contribution is 2.49. The molecule has 0 fully saturated rings. The Labute approximate surface area is 241 Å². The molecule has 0 spiro atoms. The maximum atomic E-state index is 2.53. The zero-order valence-corrected chi connectivity index (χ0v) is 24.8. The third-order valence-corrected chi connectivity index (χ3v) is 12.9. The number of allylic oxidation sites excluding steroid dienone is 4. The average Bonchev–Trinajstić information content (AvgIpc) is 3.02. The summed E-state index contributed by atoms with van der Waals surface area (Å²) in [4.78, 5) is 0. The van der Waals surface area contributed by atoms with E-state index in [4.69, 9.17) is 0 Å². The molecule has 0 saturated heterocycles. The second-order valence-corrected chi connectivity index (χ2v) is 15.0. The van der Waals surface area contributed by atoms with Gasteiger partial charge in [-0.1, -0.05) is 178 Å². The first-order valence-corrected chi connectivity index (χ1v) is 16.6. The van der Waals surface area contributed by atoms with Crippen LogP contribution in [0.4, 0.5) is 0 Å². The molecule has 0 aromatic heterocycles. The van der Waals surface area contributed by atoms with Crippen LogP contribution in [0.2, 0.25) is 0 Å². The van der Waals surface area contributed by atoms with Gasteiger partial charge in [-0.15, -0.1) is 0 Å². The van der Waals surface area contributed by atoms with E-state index in [9.17, 15) is 0 Å². The van der Waals surface area contributed by atoms with Crippen LogP contribution in [0.5, 0.6) is 0 Å². The number of benzene rings is 5. The van der Waals surface area contributed by atoms with E-state index in [1.54, 1.807) is 0 Å². The molecule has 0 bridgehead atoms. The Morgan fingerprint density at radius 2 is 0.850 bits per heavy atom. The Balaban J connectivity index is 1.32. The van der Waals surface area contributed by atoms with Crippen LogP contribution in [0.1, 0.15) is 19.4 Å². The lowest BCUT2D eigenvalue weighted by atomic mass is 9.70. The number of rotatable bonds is 7. The number of hydrogen-bond donors (Lipinski definition) is 0. The maximum absolute atomic E-state index is 2.53. The maximum Gasteiger partial charge on any atom is 0.0167 e. The molecule has 0 nitrogen and oxygen atoms in total. The standard InChI is InChI=1S/C38H34P2/c1-30-29-37(40(34-19-11-5-12-20-34)35-21-13-6-14-22-35)27-28-38(30,2)31-23-25-36(26-24-31)39(32-15-7-3-8-16-32)33-17-9-4-10-18-33/h3-30H,1-2H3. The van der Waals surface area contributed by atoms with Gasteiger partial charge >= 0.3 is 0 Å². The first kappa shape index (κ1) is 26.7. The summed E-state index contributed by atoms with van der Waals surface area (Å²) in [5, 5.41) is 8.39. The van der Waals surface area contributed by atoms with E-state index in [2.05, 4.69) is 178 Å². The van der Waals surface area contributed by atoms with Crippen molar-refractivity contribution in [1.29, 1.82) is 0 Å². The highest BCUT2D eigenvalue weighted by atomic mass is 31.1. The molecule has 6 rings (SSSR count). The largest absolute Gasteiger partial charge is 0.0730 e. The van der Waals surface area contributed by atoms with E-state index in [0.29, 0.717) is 5.92 Å². The topological polar surface area (TPSA) is 0 Å². The fourth-order valence-corrected chi connectivity index (χ4v) is 10.3. The molecule has 2 atom stereocenters. The van der Waals surface area contributed by atoms with Crippen molar-refractivity contribution in [3.63, 3.8) is 0 Å². The molecule has 1 aliphatic carbocycles. The van der Waals surface area contributed by atoms with Crippen LogP contribution in [0.15, 0.2) is 169 Å². The summed E-state index contributed by atoms with van der Waals surface area (Å²) < 4.78 is 0. The second-order valence-electron chi connectivity index (χ2n) is 10.6. The molecule has 0 heterocycles. The predicted octanol–water partition coefficient (Wildman–Crippen LogP) is 7.93. The van der Waals surface area contributed by atoms with Crippen LogP contribution in [0.3, 0.4) is 0 Å². The van der Waals surface area contributed by atoms with Gasteiger partial charge in [0.25, 0.3) is 0 Å². The van der Waals surface area contributed by atoms with Crippen LogP contribution in [0.25, 0.3) is 0 Å². The second kappa shape index (κ2) is 11.9. The number of hydrogen-bond acceptors (Lipinski definition) is 0. The Kier molecular flexibility index (Phi) is 7.93. The minimum atomic E-state index is -0.598. The van der Waals surface area contributed by atoms with Gasteiger partial charge < -0.3 is 0 Å². The third kappa shape index (κ3) is 5.40. The monoisotopic (exact) mass is 552 g/mol. The first-order chi connectivity index (χ1) is 19.6. The summed E-state index contributed by atoms with van der Waals surface area (Å²) in [7, 11) is -1.19. The van der Waals surface area contributed by atoms with Gasteiger partial charge in [0.15, 0.2) is 0 Å². The van der Waals surface area contributed by atoms with E-state index >= 15 is 0 Å². The summed E-state index contributed by atoms with van der Waals surface area (Å²) >= 11 is 0. The van der Waals surface area contributed by atoms with E-state index in [1.165, 1.54) is 37.4 Å². The van der Waals surface area contributed by atoms with Crippen LogP contribution in [-0.4, -0.2) is 0 Å². The zero-order valence-electron chi connectivity index (χ0n) is 23.1.